The summed E-state index contributed by atoms with van der Waals surface area (Å²) in [6.45, 7) is 2.74. The van der Waals surface area contributed by atoms with Crippen molar-refractivity contribution >= 4 is 73.1 Å². The van der Waals surface area contributed by atoms with Gasteiger partial charge in [0.25, 0.3) is 19.7 Å². The van der Waals surface area contributed by atoms with E-state index in [1.807, 2.05) is 4.90 Å². The lowest BCUT2D eigenvalue weighted by Crippen LogP contribution is -2.51. The van der Waals surface area contributed by atoms with E-state index in [0.717, 1.165) is 3.97 Å². The fraction of sp³-hybridized carbons (Fsp3) is 0.304. The summed E-state index contributed by atoms with van der Waals surface area (Å²) in [5, 5.41) is 0.562. The number of halogens is 3. The Balaban J connectivity index is 1.70. The van der Waals surface area contributed by atoms with E-state index in [1.165, 1.54) is 37.3 Å². The van der Waals surface area contributed by atoms with Gasteiger partial charge in [-0.25, -0.2) is 12.4 Å². The number of rotatable bonds is 5. The smallest absolute Gasteiger partial charge is 0.274 e. The lowest BCUT2D eigenvalue weighted by Gasteiger charge is -2.37. The Hall–Kier alpha value is -2.46. The fourth-order valence-corrected chi connectivity index (χ4v) is 5.90. The molecule has 35 heavy (non-hydrogen) atoms. The Labute approximate surface area is 217 Å². The van der Waals surface area contributed by atoms with Gasteiger partial charge in [-0.2, -0.15) is 0 Å². The number of fused-ring (bicyclic) bond motifs is 1. The van der Waals surface area contributed by atoms with Crippen molar-refractivity contribution in [2.24, 2.45) is 0 Å². The zero-order valence-corrected chi connectivity index (χ0v) is 22.0. The van der Waals surface area contributed by atoms with Crippen LogP contribution >= 0.6 is 34.8 Å². The van der Waals surface area contributed by atoms with Crippen LogP contribution in [0, 0.1) is 0 Å². The minimum absolute atomic E-state index is 0.0314. The number of aromatic nitrogens is 1. The van der Waals surface area contributed by atoms with Crippen molar-refractivity contribution in [1.29, 1.82) is 0 Å². The first-order chi connectivity index (χ1) is 16.4. The van der Waals surface area contributed by atoms with Crippen molar-refractivity contribution in [3.8, 4) is 5.75 Å². The third-order valence-corrected chi connectivity index (χ3v) is 8.07. The molecule has 0 N–H and O–H groups in total. The van der Waals surface area contributed by atoms with Gasteiger partial charge in [-0.3, -0.25) is 9.59 Å². The molecule has 2 aromatic carbocycles. The van der Waals surface area contributed by atoms with Crippen LogP contribution in [0.3, 0.4) is 0 Å². The molecule has 186 valence electrons. The zero-order valence-electron chi connectivity index (χ0n) is 18.9. The van der Waals surface area contributed by atoms with Gasteiger partial charge in [0.15, 0.2) is 5.78 Å². The van der Waals surface area contributed by atoms with Crippen LogP contribution in [0.5, 0.6) is 5.75 Å². The van der Waals surface area contributed by atoms with Crippen LogP contribution in [-0.4, -0.2) is 66.1 Å². The van der Waals surface area contributed by atoms with E-state index in [2.05, 4.69) is 0 Å². The second-order valence-corrected chi connectivity index (χ2v) is 12.1. The fourth-order valence-electron chi connectivity index (χ4n) is 4.15. The quantitative estimate of drug-likeness (QED) is 0.346. The number of benzene rings is 2. The highest BCUT2D eigenvalue weighted by atomic mass is 35.6. The number of Topliss-reactive ketones (excluding diaryl/α,β-unsaturated/α-hetero) is 1. The van der Waals surface area contributed by atoms with E-state index in [9.17, 15) is 18.0 Å². The summed E-state index contributed by atoms with van der Waals surface area (Å²) >= 11 is 17.2. The summed E-state index contributed by atoms with van der Waals surface area (Å²) < 4.78 is 31.9. The number of para-hydroxylation sites is 1. The number of methoxy groups -OCH3 is 1. The highest BCUT2D eigenvalue weighted by Crippen LogP contribution is 2.35. The van der Waals surface area contributed by atoms with Crippen LogP contribution in [0.1, 0.15) is 17.3 Å². The van der Waals surface area contributed by atoms with Crippen molar-refractivity contribution in [2.45, 2.75) is 15.6 Å². The summed E-state index contributed by atoms with van der Waals surface area (Å²) in [6, 6.07) is 11.4. The Morgan fingerprint density at radius 2 is 1.66 bits per heavy atom. The summed E-state index contributed by atoms with van der Waals surface area (Å²) in [5.41, 5.74) is 1.29. The maximum atomic E-state index is 13.7. The molecule has 0 unspecified atom stereocenters. The predicted octanol–water partition coefficient (Wildman–Crippen LogP) is 4.11. The van der Waals surface area contributed by atoms with E-state index in [4.69, 9.17) is 39.5 Å². The molecule has 0 saturated carbocycles. The molecule has 1 amide bonds. The van der Waals surface area contributed by atoms with Crippen molar-refractivity contribution in [3.05, 3.63) is 54.2 Å². The maximum Gasteiger partial charge on any atom is 0.274 e. The first-order valence-electron chi connectivity index (χ1n) is 10.6. The molecule has 2 heterocycles. The number of hydrogen-bond acceptors (Lipinski definition) is 6. The highest BCUT2D eigenvalue weighted by Gasteiger charge is 2.37. The molecule has 8 nitrogen and oxygen atoms in total. The largest absolute Gasteiger partial charge is 0.495 e. The van der Waals surface area contributed by atoms with Gasteiger partial charge in [0.2, 0.25) is 0 Å². The normalized spacial score (nSPS) is 14.9. The van der Waals surface area contributed by atoms with E-state index >= 15 is 0 Å². The molecule has 0 atom stereocenters. The minimum Gasteiger partial charge on any atom is -0.495 e. The Morgan fingerprint density at radius 3 is 2.26 bits per heavy atom. The van der Waals surface area contributed by atoms with Crippen molar-refractivity contribution in [1.82, 2.24) is 8.87 Å². The third-order valence-electron chi connectivity index (χ3n) is 5.91. The molecule has 0 bridgehead atoms. The number of ether oxygens (including phenoxy) is 1. The molecule has 0 spiro atoms. The van der Waals surface area contributed by atoms with E-state index in [-0.39, 0.29) is 23.8 Å². The first kappa shape index (κ1) is 25.6. The topological polar surface area (TPSA) is 88.9 Å². The average molecular weight is 559 g/mol. The number of ketones is 1. The van der Waals surface area contributed by atoms with Crippen molar-refractivity contribution in [2.75, 3.05) is 38.2 Å². The van der Waals surface area contributed by atoms with Crippen LogP contribution in [0.15, 0.2) is 53.6 Å². The molecule has 4 rings (SSSR count). The predicted molar refractivity (Wildman–Crippen MR) is 137 cm³/mol. The zero-order chi connectivity index (χ0) is 25.5. The van der Waals surface area contributed by atoms with Crippen LogP contribution < -0.4 is 9.64 Å². The second-order valence-electron chi connectivity index (χ2n) is 8.03. The lowest BCUT2D eigenvalue weighted by atomic mass is 10.1. The Kier molecular flexibility index (Phi) is 6.98. The van der Waals surface area contributed by atoms with Gasteiger partial charge in [-0.1, -0.05) is 53.0 Å². The van der Waals surface area contributed by atoms with E-state index in [1.54, 1.807) is 30.3 Å². The molecule has 3 aromatic rings. The number of nitrogens with zero attached hydrogens (tertiary/aromatic N) is 3. The number of anilines is 1. The molecule has 1 saturated heterocycles. The maximum absolute atomic E-state index is 13.7. The molecule has 1 aliphatic heterocycles. The minimum atomic E-state index is -4.04. The molecular formula is C23H22Cl3N3O5S. The number of piperazine rings is 1. The van der Waals surface area contributed by atoms with Crippen LogP contribution in [0.4, 0.5) is 5.69 Å². The van der Waals surface area contributed by atoms with Gasteiger partial charge in [-0.15, -0.1) is 0 Å². The van der Waals surface area contributed by atoms with E-state index < -0.39 is 19.7 Å². The molecule has 1 aromatic heterocycles. The summed E-state index contributed by atoms with van der Waals surface area (Å²) in [7, 11) is -2.55. The Bertz CT molecular complexity index is 1410. The molecule has 1 fully saturated rings. The average Bonchev–Trinajstić information content (AvgIpc) is 3.23. The highest BCUT2D eigenvalue weighted by molar-refractivity contribution is 7.90. The number of carbonyl (C=O) groups is 2. The third kappa shape index (κ3) is 4.82. The molecule has 12 heteroatoms. The second kappa shape index (κ2) is 9.54. The van der Waals surface area contributed by atoms with Crippen molar-refractivity contribution in [3.63, 3.8) is 0 Å². The van der Waals surface area contributed by atoms with Crippen LogP contribution in [0.25, 0.3) is 10.9 Å². The van der Waals surface area contributed by atoms with Crippen molar-refractivity contribution < 1.29 is 22.7 Å². The van der Waals surface area contributed by atoms with Crippen LogP contribution in [0.2, 0.25) is 0 Å². The van der Waals surface area contributed by atoms with Gasteiger partial charge in [0.1, 0.15) is 5.75 Å². The summed E-state index contributed by atoms with van der Waals surface area (Å²) in [6.07, 6.45) is 1.35. The summed E-state index contributed by atoms with van der Waals surface area (Å²) in [4.78, 5) is 27.8. The Morgan fingerprint density at radius 1 is 1.00 bits per heavy atom. The lowest BCUT2D eigenvalue weighted by molar-refractivity contribution is -0.130. The van der Waals surface area contributed by atoms with Gasteiger partial charge in [-0.05, 0) is 31.2 Å². The first-order valence-corrected chi connectivity index (χ1v) is 13.2. The molecule has 0 aliphatic carbocycles. The monoisotopic (exact) mass is 557 g/mol. The standard InChI is InChI=1S/C23H22Cl3N3O5S/c1-15(30)18-14-29(19-6-4-3-5-17(18)19)35(32,33)16-7-8-21(34-2)20(13-16)27-9-11-28(12-10-27)22(31)23(24,25)26/h3-8,13-14H,9-12H2,1-2H3. The molecular weight excluding hydrogens is 537 g/mol. The number of hydrogen-bond donors (Lipinski definition) is 0. The van der Waals surface area contributed by atoms with Gasteiger partial charge in [0, 0.05) is 43.3 Å². The van der Waals surface area contributed by atoms with Crippen LogP contribution in [-0.2, 0) is 14.8 Å². The number of amides is 1. The number of carbonyl (C=O) groups excluding carboxylic acids is 2. The van der Waals surface area contributed by atoms with Gasteiger partial charge in [0.05, 0.1) is 23.2 Å². The number of alkyl halides is 3. The SMILES string of the molecule is COc1ccc(S(=O)(=O)n2cc(C(C)=O)c3ccccc32)cc1N1CCN(C(=O)C(Cl)(Cl)Cl)CC1. The van der Waals surface area contributed by atoms with E-state index in [0.29, 0.717) is 41.0 Å². The van der Waals surface area contributed by atoms with Gasteiger partial charge < -0.3 is 14.5 Å². The van der Waals surface area contributed by atoms with Gasteiger partial charge >= 0.3 is 0 Å². The molecule has 1 aliphatic rings. The molecule has 0 radical (unpaired) electrons. The summed E-state index contributed by atoms with van der Waals surface area (Å²) in [5.74, 6) is -0.356.